The highest BCUT2D eigenvalue weighted by Crippen LogP contribution is 2.23. The van der Waals surface area contributed by atoms with E-state index in [1.165, 1.54) is 5.56 Å². The Kier molecular flexibility index (Phi) is 4.98. The smallest absolute Gasteiger partial charge is 0.350 e. The van der Waals surface area contributed by atoms with E-state index < -0.39 is 5.60 Å². The van der Waals surface area contributed by atoms with Gasteiger partial charge in [0.1, 0.15) is 5.75 Å². The Balaban J connectivity index is 2.74. The molecule has 0 amide bonds. The summed E-state index contributed by atoms with van der Waals surface area (Å²) in [5.74, 6) is 0.804. The predicted molar refractivity (Wildman–Crippen MR) is 76.5 cm³/mol. The molecule has 0 bridgehead atoms. The Labute approximate surface area is 115 Å². The summed E-state index contributed by atoms with van der Waals surface area (Å²) in [4.78, 5) is 11.9. The van der Waals surface area contributed by atoms with Crippen molar-refractivity contribution in [1.82, 2.24) is 0 Å². The highest BCUT2D eigenvalue weighted by atomic mass is 16.6. The molecular weight excluding hydrogens is 240 g/mol. The highest BCUT2D eigenvalue weighted by molar-refractivity contribution is 5.79. The summed E-state index contributed by atoms with van der Waals surface area (Å²) in [6.45, 7) is 11.4. The molecule has 0 saturated carbocycles. The van der Waals surface area contributed by atoms with Crippen LogP contribution in [0.15, 0.2) is 24.3 Å². The fourth-order valence-corrected chi connectivity index (χ4v) is 1.61. The maximum Gasteiger partial charge on any atom is 0.350 e. The van der Waals surface area contributed by atoms with Crippen LogP contribution < -0.4 is 4.74 Å². The summed E-state index contributed by atoms with van der Waals surface area (Å²) in [6, 6.07) is 7.81. The van der Waals surface area contributed by atoms with Gasteiger partial charge in [0.15, 0.2) is 5.60 Å². The van der Waals surface area contributed by atoms with Gasteiger partial charge in [0, 0.05) is 0 Å². The van der Waals surface area contributed by atoms with Gasteiger partial charge in [-0.15, -0.1) is 0 Å². The second-order valence-corrected chi connectivity index (χ2v) is 5.79. The van der Waals surface area contributed by atoms with Crippen LogP contribution in [0.25, 0.3) is 0 Å². The van der Waals surface area contributed by atoms with E-state index in [1.807, 2.05) is 38.1 Å². The monoisotopic (exact) mass is 264 g/mol. The first-order chi connectivity index (χ1) is 8.72. The summed E-state index contributed by atoms with van der Waals surface area (Å²) in [5, 5.41) is 0. The molecule has 0 heterocycles. The Morgan fingerprint density at radius 2 is 1.58 bits per heavy atom. The Morgan fingerprint density at radius 3 is 2.00 bits per heavy atom. The van der Waals surface area contributed by atoms with Crippen molar-refractivity contribution in [2.45, 2.75) is 59.2 Å². The fourth-order valence-electron chi connectivity index (χ4n) is 1.61. The average molecular weight is 264 g/mol. The standard InChI is InChI=1S/C16H24O3/c1-11(2)13-7-9-14(10-8-13)19-16(5,6)15(17)18-12(3)4/h7-12H,1-6H3. The van der Waals surface area contributed by atoms with E-state index in [-0.39, 0.29) is 12.1 Å². The third-order valence-electron chi connectivity index (χ3n) is 2.75. The predicted octanol–water partition coefficient (Wildman–Crippen LogP) is 3.92. The molecule has 0 aliphatic carbocycles. The third-order valence-corrected chi connectivity index (χ3v) is 2.75. The van der Waals surface area contributed by atoms with E-state index in [9.17, 15) is 4.79 Å². The fraction of sp³-hybridized carbons (Fsp3) is 0.562. The zero-order valence-electron chi connectivity index (χ0n) is 12.7. The van der Waals surface area contributed by atoms with Crippen LogP contribution >= 0.6 is 0 Å². The Hall–Kier alpha value is -1.51. The van der Waals surface area contributed by atoms with E-state index in [0.29, 0.717) is 11.7 Å². The third kappa shape index (κ3) is 4.58. The first-order valence-electron chi connectivity index (χ1n) is 6.72. The lowest BCUT2D eigenvalue weighted by atomic mass is 10.0. The Bertz CT molecular complexity index is 416. The number of rotatable bonds is 5. The second-order valence-electron chi connectivity index (χ2n) is 5.79. The molecule has 0 aliphatic heterocycles. The van der Waals surface area contributed by atoms with Crippen LogP contribution in [0.4, 0.5) is 0 Å². The topological polar surface area (TPSA) is 35.5 Å². The second kappa shape index (κ2) is 6.09. The minimum absolute atomic E-state index is 0.140. The molecule has 0 fully saturated rings. The SMILES string of the molecule is CC(C)OC(=O)C(C)(C)Oc1ccc(C(C)C)cc1. The van der Waals surface area contributed by atoms with Crippen LogP contribution in [0.1, 0.15) is 53.0 Å². The zero-order chi connectivity index (χ0) is 14.6. The molecule has 0 atom stereocenters. The van der Waals surface area contributed by atoms with Gasteiger partial charge in [-0.2, -0.15) is 0 Å². The van der Waals surface area contributed by atoms with Crippen molar-refractivity contribution in [2.24, 2.45) is 0 Å². The van der Waals surface area contributed by atoms with Crippen molar-refractivity contribution in [3.63, 3.8) is 0 Å². The maximum absolute atomic E-state index is 11.9. The molecule has 0 aromatic heterocycles. The first kappa shape index (κ1) is 15.5. The lowest BCUT2D eigenvalue weighted by molar-refractivity contribution is -0.163. The Morgan fingerprint density at radius 1 is 1.05 bits per heavy atom. The minimum atomic E-state index is -0.983. The summed E-state index contributed by atoms with van der Waals surface area (Å²) >= 11 is 0. The summed E-state index contributed by atoms with van der Waals surface area (Å²) in [6.07, 6.45) is -0.140. The number of hydrogen-bond acceptors (Lipinski definition) is 3. The van der Waals surface area contributed by atoms with Gasteiger partial charge >= 0.3 is 5.97 Å². The number of hydrogen-bond donors (Lipinski definition) is 0. The van der Waals surface area contributed by atoms with Crippen LogP contribution in [0, 0.1) is 0 Å². The normalized spacial score (nSPS) is 11.8. The van der Waals surface area contributed by atoms with Gasteiger partial charge in [0.25, 0.3) is 0 Å². The van der Waals surface area contributed by atoms with Crippen LogP contribution in [0.5, 0.6) is 5.75 Å². The van der Waals surface area contributed by atoms with Gasteiger partial charge in [0.05, 0.1) is 6.10 Å². The van der Waals surface area contributed by atoms with Crippen LogP contribution in [0.3, 0.4) is 0 Å². The molecule has 0 saturated heterocycles. The van der Waals surface area contributed by atoms with E-state index in [1.54, 1.807) is 13.8 Å². The van der Waals surface area contributed by atoms with Gasteiger partial charge in [-0.05, 0) is 51.3 Å². The van der Waals surface area contributed by atoms with Crippen molar-refractivity contribution in [3.8, 4) is 5.75 Å². The summed E-state index contributed by atoms with van der Waals surface area (Å²) in [5.41, 5.74) is 0.263. The molecule has 0 aliphatic rings. The molecule has 0 N–H and O–H groups in total. The van der Waals surface area contributed by atoms with Gasteiger partial charge in [-0.1, -0.05) is 26.0 Å². The van der Waals surface area contributed by atoms with Gasteiger partial charge < -0.3 is 9.47 Å². The van der Waals surface area contributed by atoms with Crippen molar-refractivity contribution in [2.75, 3.05) is 0 Å². The largest absolute Gasteiger partial charge is 0.476 e. The van der Waals surface area contributed by atoms with Gasteiger partial charge in [0.2, 0.25) is 0 Å². The molecule has 0 spiro atoms. The highest BCUT2D eigenvalue weighted by Gasteiger charge is 2.32. The molecule has 3 heteroatoms. The molecule has 19 heavy (non-hydrogen) atoms. The number of carbonyl (C=O) groups is 1. The van der Waals surface area contributed by atoms with Crippen LogP contribution in [-0.2, 0) is 9.53 Å². The van der Waals surface area contributed by atoms with Gasteiger partial charge in [-0.3, -0.25) is 0 Å². The zero-order valence-corrected chi connectivity index (χ0v) is 12.7. The number of ether oxygens (including phenoxy) is 2. The van der Waals surface area contributed by atoms with Crippen molar-refractivity contribution >= 4 is 5.97 Å². The van der Waals surface area contributed by atoms with E-state index in [0.717, 1.165) is 0 Å². The van der Waals surface area contributed by atoms with E-state index in [2.05, 4.69) is 13.8 Å². The van der Waals surface area contributed by atoms with Crippen molar-refractivity contribution < 1.29 is 14.3 Å². The maximum atomic E-state index is 11.9. The molecule has 0 unspecified atom stereocenters. The quantitative estimate of drug-likeness (QED) is 0.756. The lowest BCUT2D eigenvalue weighted by Crippen LogP contribution is -2.40. The minimum Gasteiger partial charge on any atom is -0.476 e. The van der Waals surface area contributed by atoms with Crippen molar-refractivity contribution in [3.05, 3.63) is 29.8 Å². The van der Waals surface area contributed by atoms with E-state index in [4.69, 9.17) is 9.47 Å². The average Bonchev–Trinajstić information content (AvgIpc) is 2.28. The molecule has 1 rings (SSSR count). The first-order valence-corrected chi connectivity index (χ1v) is 6.72. The van der Waals surface area contributed by atoms with Crippen LogP contribution in [0.2, 0.25) is 0 Å². The molecular formula is C16H24O3. The number of benzene rings is 1. The molecule has 3 nitrogen and oxygen atoms in total. The molecule has 1 aromatic carbocycles. The molecule has 0 radical (unpaired) electrons. The van der Waals surface area contributed by atoms with Gasteiger partial charge in [-0.25, -0.2) is 4.79 Å². The summed E-state index contributed by atoms with van der Waals surface area (Å²) < 4.78 is 10.9. The number of esters is 1. The van der Waals surface area contributed by atoms with E-state index >= 15 is 0 Å². The number of carbonyl (C=O) groups excluding carboxylic acids is 1. The molecule has 106 valence electrons. The van der Waals surface area contributed by atoms with Crippen molar-refractivity contribution in [1.29, 1.82) is 0 Å². The molecule has 1 aromatic rings. The van der Waals surface area contributed by atoms with Crippen LogP contribution in [-0.4, -0.2) is 17.7 Å². The lowest BCUT2D eigenvalue weighted by Gasteiger charge is -2.25. The summed E-state index contributed by atoms with van der Waals surface area (Å²) in [7, 11) is 0.